The number of benzene rings is 3. The lowest BCUT2D eigenvalue weighted by Gasteiger charge is -2.16. The van der Waals surface area contributed by atoms with Crippen LogP contribution in [0.5, 0.6) is 5.75 Å². The van der Waals surface area contributed by atoms with E-state index in [1.807, 2.05) is 53.4 Å². The summed E-state index contributed by atoms with van der Waals surface area (Å²) < 4.78 is 5.32. The van der Waals surface area contributed by atoms with Gasteiger partial charge in [0.25, 0.3) is 0 Å². The number of carbonyl (C=O) groups is 1. The van der Waals surface area contributed by atoms with Crippen LogP contribution in [0.4, 0.5) is 0 Å². The van der Waals surface area contributed by atoms with Crippen molar-refractivity contribution in [3.8, 4) is 34.2 Å². The molecule has 0 saturated carbocycles. The second-order valence-electron chi connectivity index (χ2n) is 8.48. The molecule has 0 atom stereocenters. The number of methoxy groups -OCH3 is 1. The van der Waals surface area contributed by atoms with E-state index >= 15 is 0 Å². The molecule has 0 radical (unpaired) electrons. The maximum Gasteiger partial charge on any atom is 0.232 e. The van der Waals surface area contributed by atoms with Gasteiger partial charge in [0.1, 0.15) is 16.8 Å². The Morgan fingerprint density at radius 3 is 2.51 bits per heavy atom. The molecule has 2 heterocycles. The van der Waals surface area contributed by atoms with Gasteiger partial charge in [0.05, 0.1) is 24.1 Å². The molecule has 35 heavy (non-hydrogen) atoms. The second kappa shape index (κ2) is 10.2. The molecule has 0 bridgehead atoms. The topological polar surface area (TPSA) is 66.2 Å². The Bertz CT molecular complexity index is 1420. The summed E-state index contributed by atoms with van der Waals surface area (Å²) in [6.45, 7) is 1.62. The lowest BCUT2D eigenvalue weighted by molar-refractivity contribution is -0.127. The summed E-state index contributed by atoms with van der Waals surface area (Å²) in [7, 11) is 1.63. The van der Waals surface area contributed by atoms with Gasteiger partial charge < -0.3 is 9.64 Å². The highest BCUT2D eigenvalue weighted by Gasteiger charge is 2.21. The van der Waals surface area contributed by atoms with Crippen molar-refractivity contribution in [3.05, 3.63) is 78.4 Å². The van der Waals surface area contributed by atoms with Crippen molar-refractivity contribution in [2.75, 3.05) is 26.0 Å². The van der Waals surface area contributed by atoms with Crippen molar-refractivity contribution in [1.82, 2.24) is 9.88 Å². The number of thioether (sulfide) groups is 1. The fourth-order valence-electron chi connectivity index (χ4n) is 4.51. The minimum atomic E-state index is 0.0970. The number of aromatic nitrogens is 1. The lowest BCUT2D eigenvalue weighted by atomic mass is 9.97. The molecule has 1 amide bonds. The van der Waals surface area contributed by atoms with Crippen LogP contribution in [0, 0.1) is 11.3 Å². The first-order valence-corrected chi connectivity index (χ1v) is 12.6. The predicted octanol–water partition coefficient (Wildman–Crippen LogP) is 6.16. The average Bonchev–Trinajstić information content (AvgIpc) is 3.46. The van der Waals surface area contributed by atoms with Gasteiger partial charge >= 0.3 is 0 Å². The first-order chi connectivity index (χ1) is 17.2. The number of likely N-dealkylation sites (tertiary alicyclic amines) is 1. The standard InChI is InChI=1S/C29H25N3O2S/c1-34-22-13-11-21(12-14-22)25-17-27(24-10-6-8-20-7-2-3-9-23(20)24)31-29(26(25)18-30)35-19-28(33)32-15-4-5-16-32/h2-3,6-14,17H,4-5,15-16,19H2,1H3. The highest BCUT2D eigenvalue weighted by atomic mass is 32.2. The minimum absolute atomic E-state index is 0.0970. The Morgan fingerprint density at radius 2 is 1.77 bits per heavy atom. The number of pyridine rings is 1. The molecule has 0 spiro atoms. The quantitative estimate of drug-likeness (QED) is 0.310. The van der Waals surface area contributed by atoms with Crippen LogP contribution in [0.3, 0.4) is 0 Å². The maximum atomic E-state index is 12.8. The Kier molecular flexibility index (Phi) is 6.69. The van der Waals surface area contributed by atoms with E-state index in [4.69, 9.17) is 9.72 Å². The van der Waals surface area contributed by atoms with Crippen LogP contribution >= 0.6 is 11.8 Å². The largest absolute Gasteiger partial charge is 0.497 e. The predicted molar refractivity (Wildman–Crippen MR) is 140 cm³/mol. The molecule has 3 aromatic carbocycles. The fourth-order valence-corrected chi connectivity index (χ4v) is 5.41. The Morgan fingerprint density at radius 1 is 1.03 bits per heavy atom. The van der Waals surface area contributed by atoms with Crippen molar-refractivity contribution >= 4 is 28.4 Å². The number of hydrogen-bond donors (Lipinski definition) is 0. The van der Waals surface area contributed by atoms with Gasteiger partial charge in [-0.05, 0) is 47.4 Å². The summed E-state index contributed by atoms with van der Waals surface area (Å²) in [6.07, 6.45) is 2.10. The lowest BCUT2D eigenvalue weighted by Crippen LogP contribution is -2.29. The van der Waals surface area contributed by atoms with E-state index in [1.165, 1.54) is 11.8 Å². The number of amides is 1. The third kappa shape index (κ3) is 4.73. The Hall–Kier alpha value is -3.82. The van der Waals surface area contributed by atoms with Gasteiger partial charge in [0.2, 0.25) is 5.91 Å². The molecule has 1 aromatic heterocycles. The summed E-state index contributed by atoms with van der Waals surface area (Å²) in [5.41, 5.74) is 3.96. The molecule has 0 unspecified atom stereocenters. The van der Waals surface area contributed by atoms with Crippen LogP contribution < -0.4 is 4.74 Å². The molecule has 5 rings (SSSR count). The zero-order valence-corrected chi connectivity index (χ0v) is 20.3. The van der Waals surface area contributed by atoms with Gasteiger partial charge in [-0.15, -0.1) is 0 Å². The van der Waals surface area contributed by atoms with Crippen molar-refractivity contribution in [1.29, 1.82) is 5.26 Å². The number of ether oxygens (including phenoxy) is 1. The van der Waals surface area contributed by atoms with Crippen LogP contribution in [0.1, 0.15) is 18.4 Å². The van der Waals surface area contributed by atoms with Gasteiger partial charge in [-0.2, -0.15) is 5.26 Å². The zero-order valence-electron chi connectivity index (χ0n) is 19.5. The first-order valence-electron chi connectivity index (χ1n) is 11.7. The van der Waals surface area contributed by atoms with Gasteiger partial charge in [-0.1, -0.05) is 66.4 Å². The summed E-state index contributed by atoms with van der Waals surface area (Å²) in [6, 6.07) is 26.4. The number of nitriles is 1. The van der Waals surface area contributed by atoms with Crippen molar-refractivity contribution < 1.29 is 9.53 Å². The van der Waals surface area contributed by atoms with Gasteiger partial charge in [-0.3, -0.25) is 4.79 Å². The van der Waals surface area contributed by atoms with Crippen LogP contribution in [-0.2, 0) is 4.79 Å². The van der Waals surface area contributed by atoms with Crippen molar-refractivity contribution in [2.24, 2.45) is 0 Å². The van der Waals surface area contributed by atoms with E-state index in [1.54, 1.807) is 7.11 Å². The van der Waals surface area contributed by atoms with E-state index in [-0.39, 0.29) is 11.7 Å². The third-order valence-corrected chi connectivity index (χ3v) is 7.32. The van der Waals surface area contributed by atoms with Gasteiger partial charge in [0.15, 0.2) is 0 Å². The van der Waals surface area contributed by atoms with Crippen LogP contribution in [-0.4, -0.2) is 41.7 Å². The number of carbonyl (C=O) groups excluding carboxylic acids is 1. The zero-order chi connectivity index (χ0) is 24.2. The average molecular weight is 480 g/mol. The molecular formula is C29H25N3O2S. The van der Waals surface area contributed by atoms with E-state index in [9.17, 15) is 10.1 Å². The summed E-state index contributed by atoms with van der Waals surface area (Å²) in [5, 5.41) is 12.9. The summed E-state index contributed by atoms with van der Waals surface area (Å²) in [4.78, 5) is 19.6. The van der Waals surface area contributed by atoms with Crippen molar-refractivity contribution in [3.63, 3.8) is 0 Å². The van der Waals surface area contributed by atoms with Crippen LogP contribution in [0.2, 0.25) is 0 Å². The SMILES string of the molecule is COc1ccc(-c2cc(-c3cccc4ccccc34)nc(SCC(=O)N3CCCC3)c2C#N)cc1. The summed E-state index contributed by atoms with van der Waals surface area (Å²) >= 11 is 1.35. The molecule has 6 heteroatoms. The molecule has 1 aliphatic heterocycles. The Balaban J connectivity index is 1.63. The summed E-state index contributed by atoms with van der Waals surface area (Å²) in [5.74, 6) is 1.11. The fraction of sp³-hybridized carbons (Fsp3) is 0.207. The van der Waals surface area contributed by atoms with E-state index < -0.39 is 0 Å². The number of rotatable bonds is 6. The Labute approximate surface area is 209 Å². The molecule has 174 valence electrons. The van der Waals surface area contributed by atoms with Crippen molar-refractivity contribution in [2.45, 2.75) is 17.9 Å². The molecule has 0 N–H and O–H groups in total. The third-order valence-electron chi connectivity index (χ3n) is 6.36. The molecule has 0 aliphatic carbocycles. The van der Waals surface area contributed by atoms with E-state index in [2.05, 4.69) is 30.3 Å². The maximum absolute atomic E-state index is 12.8. The highest BCUT2D eigenvalue weighted by Crippen LogP contribution is 2.37. The number of fused-ring (bicyclic) bond motifs is 1. The minimum Gasteiger partial charge on any atom is -0.497 e. The van der Waals surface area contributed by atoms with E-state index in [0.717, 1.165) is 64.8 Å². The van der Waals surface area contributed by atoms with Crippen LogP contribution in [0.25, 0.3) is 33.2 Å². The second-order valence-corrected chi connectivity index (χ2v) is 9.44. The monoisotopic (exact) mass is 479 g/mol. The molecule has 4 aromatic rings. The smallest absolute Gasteiger partial charge is 0.232 e. The number of hydrogen-bond acceptors (Lipinski definition) is 5. The van der Waals surface area contributed by atoms with Crippen LogP contribution in [0.15, 0.2) is 77.8 Å². The molecule has 5 nitrogen and oxygen atoms in total. The molecule has 1 aliphatic rings. The first kappa shape index (κ1) is 22.9. The van der Waals surface area contributed by atoms with Gasteiger partial charge in [0, 0.05) is 24.2 Å². The normalized spacial score (nSPS) is 13.1. The number of nitrogens with zero attached hydrogens (tertiary/aromatic N) is 3. The van der Waals surface area contributed by atoms with E-state index in [0.29, 0.717) is 10.6 Å². The molecular weight excluding hydrogens is 454 g/mol. The van der Waals surface area contributed by atoms with Gasteiger partial charge in [-0.25, -0.2) is 4.98 Å². The molecule has 1 fully saturated rings. The highest BCUT2D eigenvalue weighted by molar-refractivity contribution is 8.00. The molecule has 1 saturated heterocycles.